The van der Waals surface area contributed by atoms with Gasteiger partial charge in [0.25, 0.3) is 11.6 Å². The van der Waals surface area contributed by atoms with Crippen molar-refractivity contribution in [2.24, 2.45) is 0 Å². The summed E-state index contributed by atoms with van der Waals surface area (Å²) in [5, 5.41) is 25.2. The number of carbonyl (C=O) groups is 1. The second-order valence-corrected chi connectivity index (χ2v) is 6.03. The van der Waals surface area contributed by atoms with Crippen LogP contribution < -0.4 is 15.4 Å². The Morgan fingerprint density at radius 2 is 1.96 bits per heavy atom. The van der Waals surface area contributed by atoms with E-state index >= 15 is 0 Å². The van der Waals surface area contributed by atoms with Crippen LogP contribution in [0.15, 0.2) is 46.9 Å². The number of halogens is 1. The predicted octanol–water partition coefficient (Wildman–Crippen LogP) is 2.95. The first-order valence-electron chi connectivity index (χ1n) is 6.82. The van der Waals surface area contributed by atoms with Crippen LogP contribution in [0.1, 0.15) is 0 Å². The number of nitrogens with zero attached hydrogens (tertiary/aromatic N) is 1. The molecule has 2 aromatic rings. The van der Waals surface area contributed by atoms with Crippen molar-refractivity contribution in [2.75, 3.05) is 11.9 Å². The molecular weight excluding hydrogens is 414 g/mol. The number of benzene rings is 2. The quantitative estimate of drug-likeness (QED) is 0.292. The van der Waals surface area contributed by atoms with Gasteiger partial charge < -0.3 is 15.2 Å². The molecule has 0 fully saturated rings. The number of hydrogen-bond acceptors (Lipinski definition) is 6. The first-order valence-corrected chi connectivity index (χ1v) is 8.02. The van der Waals surface area contributed by atoms with Crippen molar-refractivity contribution in [3.63, 3.8) is 0 Å². The molecule has 10 heteroatoms. The van der Waals surface area contributed by atoms with Crippen LogP contribution in [0.2, 0.25) is 0 Å². The first kappa shape index (κ1) is 18.6. The third kappa shape index (κ3) is 5.69. The van der Waals surface area contributed by atoms with Crippen LogP contribution >= 0.6 is 28.1 Å². The molecule has 0 atom stereocenters. The van der Waals surface area contributed by atoms with Crippen LogP contribution in [0.4, 0.5) is 11.4 Å². The summed E-state index contributed by atoms with van der Waals surface area (Å²) in [5.41, 5.74) is -0.134. The number of anilines is 1. The number of nitro groups is 1. The summed E-state index contributed by atoms with van der Waals surface area (Å²) in [4.78, 5) is 21.8. The van der Waals surface area contributed by atoms with E-state index in [4.69, 9.17) is 17.0 Å². The molecule has 0 saturated heterocycles. The second kappa shape index (κ2) is 8.40. The molecule has 0 spiro atoms. The molecule has 130 valence electrons. The summed E-state index contributed by atoms with van der Waals surface area (Å²) in [6, 6.07) is 10.4. The van der Waals surface area contributed by atoms with Gasteiger partial charge >= 0.3 is 0 Å². The number of phenols is 1. The minimum atomic E-state index is -0.636. The summed E-state index contributed by atoms with van der Waals surface area (Å²) in [5.74, 6) is -0.344. The highest BCUT2D eigenvalue weighted by Gasteiger charge is 2.12. The summed E-state index contributed by atoms with van der Waals surface area (Å²) in [7, 11) is 0. The predicted molar refractivity (Wildman–Crippen MR) is 98.8 cm³/mol. The molecule has 0 saturated carbocycles. The van der Waals surface area contributed by atoms with Crippen LogP contribution in [0.25, 0.3) is 0 Å². The lowest BCUT2D eigenvalue weighted by Crippen LogP contribution is -2.37. The average Bonchev–Trinajstić information content (AvgIpc) is 2.56. The van der Waals surface area contributed by atoms with E-state index in [0.717, 1.165) is 10.5 Å². The van der Waals surface area contributed by atoms with Gasteiger partial charge in [0, 0.05) is 10.5 Å². The number of non-ortho nitro benzene ring substituents is 1. The maximum Gasteiger partial charge on any atom is 0.273 e. The van der Waals surface area contributed by atoms with Crippen LogP contribution in [0.5, 0.6) is 11.5 Å². The van der Waals surface area contributed by atoms with Gasteiger partial charge in [-0.3, -0.25) is 20.2 Å². The standard InChI is InChI=1S/C15H12BrN3O5S/c16-9-1-4-11(5-2-9)24-8-14(21)18-15(25)17-12-6-3-10(19(22)23)7-13(12)20/h1-7,20H,8H2,(H2,17,18,21,25). The first-order chi connectivity index (χ1) is 11.8. The third-order valence-electron chi connectivity index (χ3n) is 2.88. The number of thiocarbonyl (C=S) groups is 1. The highest BCUT2D eigenvalue weighted by Crippen LogP contribution is 2.27. The van der Waals surface area contributed by atoms with E-state index in [0.29, 0.717) is 5.75 Å². The average molecular weight is 426 g/mol. The Bertz CT molecular complexity index is 813. The summed E-state index contributed by atoms with van der Waals surface area (Å²) in [6.07, 6.45) is 0. The number of hydrogen-bond donors (Lipinski definition) is 3. The SMILES string of the molecule is O=C(COc1ccc(Br)cc1)NC(=S)Nc1ccc([N+](=O)[O-])cc1O. The van der Waals surface area contributed by atoms with Gasteiger partial charge in [-0.1, -0.05) is 15.9 Å². The van der Waals surface area contributed by atoms with Crippen molar-refractivity contribution in [2.45, 2.75) is 0 Å². The van der Waals surface area contributed by atoms with Gasteiger partial charge in [0.05, 0.1) is 16.7 Å². The van der Waals surface area contributed by atoms with E-state index in [1.54, 1.807) is 24.3 Å². The fourth-order valence-corrected chi connectivity index (χ4v) is 2.22. The number of nitro benzene ring substituents is 1. The zero-order valence-electron chi connectivity index (χ0n) is 12.6. The molecule has 1 amide bonds. The van der Waals surface area contributed by atoms with Gasteiger partial charge in [-0.2, -0.15) is 0 Å². The number of aromatic hydroxyl groups is 1. The number of phenolic OH excluding ortho intramolecular Hbond substituents is 1. The second-order valence-electron chi connectivity index (χ2n) is 4.70. The van der Waals surface area contributed by atoms with Crippen LogP contribution in [0, 0.1) is 10.1 Å². The van der Waals surface area contributed by atoms with Gasteiger partial charge in [-0.25, -0.2) is 0 Å². The minimum absolute atomic E-state index is 0.0754. The number of ether oxygens (including phenoxy) is 1. The highest BCUT2D eigenvalue weighted by atomic mass is 79.9. The Balaban J connectivity index is 1.86. The molecule has 0 heterocycles. The van der Waals surface area contributed by atoms with Crippen molar-refractivity contribution in [1.29, 1.82) is 0 Å². The molecular formula is C15H12BrN3O5S. The van der Waals surface area contributed by atoms with Gasteiger partial charge in [0.2, 0.25) is 0 Å². The van der Waals surface area contributed by atoms with Gasteiger partial charge in [-0.15, -0.1) is 0 Å². The molecule has 0 aromatic heterocycles. The molecule has 25 heavy (non-hydrogen) atoms. The van der Waals surface area contributed by atoms with Crippen molar-refractivity contribution in [1.82, 2.24) is 5.32 Å². The highest BCUT2D eigenvalue weighted by molar-refractivity contribution is 9.10. The molecule has 2 aromatic carbocycles. The largest absolute Gasteiger partial charge is 0.506 e. The Morgan fingerprint density at radius 3 is 2.56 bits per heavy atom. The summed E-state index contributed by atoms with van der Waals surface area (Å²) >= 11 is 8.24. The molecule has 0 bridgehead atoms. The lowest BCUT2D eigenvalue weighted by Gasteiger charge is -2.11. The van der Waals surface area contributed by atoms with E-state index < -0.39 is 10.8 Å². The molecule has 8 nitrogen and oxygen atoms in total. The zero-order chi connectivity index (χ0) is 18.4. The van der Waals surface area contributed by atoms with Crippen LogP contribution in [0.3, 0.4) is 0 Å². The van der Waals surface area contributed by atoms with E-state index in [9.17, 15) is 20.0 Å². The fourth-order valence-electron chi connectivity index (χ4n) is 1.74. The Morgan fingerprint density at radius 1 is 1.28 bits per heavy atom. The van der Waals surface area contributed by atoms with Gasteiger partial charge in [0.15, 0.2) is 11.7 Å². The number of amides is 1. The molecule has 2 rings (SSSR count). The van der Waals surface area contributed by atoms with E-state index in [-0.39, 0.29) is 28.8 Å². The molecule has 0 aliphatic heterocycles. The Hall–Kier alpha value is -2.72. The van der Waals surface area contributed by atoms with Gasteiger partial charge in [0.1, 0.15) is 11.5 Å². The lowest BCUT2D eigenvalue weighted by molar-refractivity contribution is -0.384. The zero-order valence-corrected chi connectivity index (χ0v) is 15.0. The summed E-state index contributed by atoms with van der Waals surface area (Å²) < 4.78 is 6.18. The number of rotatable bonds is 5. The Kier molecular flexibility index (Phi) is 6.25. The van der Waals surface area contributed by atoms with Crippen molar-refractivity contribution >= 4 is 50.5 Å². The van der Waals surface area contributed by atoms with Crippen LogP contribution in [-0.2, 0) is 4.79 Å². The van der Waals surface area contributed by atoms with Crippen LogP contribution in [-0.4, -0.2) is 27.7 Å². The summed E-state index contributed by atoms with van der Waals surface area (Å²) in [6.45, 7) is -0.254. The van der Waals surface area contributed by atoms with Crippen molar-refractivity contribution < 1.29 is 19.6 Å². The van der Waals surface area contributed by atoms with E-state index in [1.807, 2.05) is 0 Å². The molecule has 0 unspecified atom stereocenters. The molecule has 0 aliphatic carbocycles. The lowest BCUT2D eigenvalue weighted by atomic mass is 10.2. The molecule has 3 N–H and O–H groups in total. The minimum Gasteiger partial charge on any atom is -0.506 e. The van der Waals surface area contributed by atoms with Gasteiger partial charge in [-0.05, 0) is 42.5 Å². The number of nitrogens with one attached hydrogen (secondary N) is 2. The maximum atomic E-state index is 11.8. The van der Waals surface area contributed by atoms with E-state index in [1.165, 1.54) is 12.1 Å². The topological polar surface area (TPSA) is 114 Å². The monoisotopic (exact) mass is 425 g/mol. The van der Waals surface area contributed by atoms with Crippen molar-refractivity contribution in [3.05, 3.63) is 57.1 Å². The smallest absolute Gasteiger partial charge is 0.273 e. The van der Waals surface area contributed by atoms with E-state index in [2.05, 4.69) is 26.6 Å². The number of carbonyl (C=O) groups excluding carboxylic acids is 1. The maximum absolute atomic E-state index is 11.8. The molecule has 0 aliphatic rings. The normalized spacial score (nSPS) is 9.96. The third-order valence-corrected chi connectivity index (χ3v) is 3.61. The Labute approximate surface area is 156 Å². The molecule has 0 radical (unpaired) electrons. The fraction of sp³-hybridized carbons (Fsp3) is 0.0667. The van der Waals surface area contributed by atoms with Crippen molar-refractivity contribution in [3.8, 4) is 11.5 Å².